The van der Waals surface area contributed by atoms with Gasteiger partial charge < -0.3 is 39.6 Å². The van der Waals surface area contributed by atoms with Crippen molar-refractivity contribution >= 4 is 24.9 Å². The lowest BCUT2D eigenvalue weighted by Crippen LogP contribution is -2.34. The standard InChI is InChI=1S/C10H14N5O8P/c11-10-13-7-4(8(18)14-10)12-2-15(7)9-6(17)5(16)3(23-9)1-22-24(19,20)21/h2-3,5-6,9,16-17H,1H2,(H2,19,20,21)(H3,11,13,14,18)/p-2/t3-,5+,6?,9-/m1/s1. The number of aromatic nitrogens is 4. The van der Waals surface area contributed by atoms with Crippen molar-refractivity contribution in [2.45, 2.75) is 24.5 Å². The number of nitrogen functional groups attached to an aromatic ring is 1. The number of imidazole rings is 1. The predicted octanol–water partition coefficient (Wildman–Crippen LogP) is -3.83. The van der Waals surface area contributed by atoms with E-state index in [4.69, 9.17) is 10.5 Å². The molecule has 14 heteroatoms. The summed E-state index contributed by atoms with van der Waals surface area (Å²) >= 11 is 0. The first-order chi connectivity index (χ1) is 11.2. The molecule has 0 bridgehead atoms. The Morgan fingerprint density at radius 2 is 2.17 bits per heavy atom. The molecule has 3 rings (SSSR count). The zero-order chi connectivity index (χ0) is 17.6. The molecule has 1 aliphatic heterocycles. The smallest absolute Gasteiger partial charge is 0.280 e. The van der Waals surface area contributed by atoms with E-state index in [2.05, 4.69) is 19.5 Å². The summed E-state index contributed by atoms with van der Waals surface area (Å²) < 4.78 is 21.0. The number of aromatic amines is 1. The summed E-state index contributed by atoms with van der Waals surface area (Å²) in [5, 5.41) is 20.0. The van der Waals surface area contributed by atoms with Crippen molar-refractivity contribution in [2.75, 3.05) is 12.3 Å². The SMILES string of the molecule is Nc1nc2c(ncn2[C@@H]2O[C@H](COP(=O)([O-])[O-])[C@H](O)C2O)c(=O)[nH]1. The van der Waals surface area contributed by atoms with Gasteiger partial charge in [0.15, 0.2) is 17.4 Å². The first kappa shape index (κ1) is 17.0. The summed E-state index contributed by atoms with van der Waals surface area (Å²) in [5.74, 6) is -0.194. The summed E-state index contributed by atoms with van der Waals surface area (Å²) in [7, 11) is -5.26. The second-order valence-electron chi connectivity index (χ2n) is 5.06. The third-order valence-corrected chi connectivity index (χ3v) is 3.92. The third kappa shape index (κ3) is 3.06. The molecule has 0 radical (unpaired) electrons. The van der Waals surface area contributed by atoms with E-state index in [0.29, 0.717) is 0 Å². The fourth-order valence-corrected chi connectivity index (χ4v) is 2.72. The van der Waals surface area contributed by atoms with Crippen molar-refractivity contribution in [1.29, 1.82) is 0 Å². The maximum absolute atomic E-state index is 11.7. The summed E-state index contributed by atoms with van der Waals surface area (Å²) in [5.41, 5.74) is 4.77. The molecule has 2 aromatic heterocycles. The van der Waals surface area contributed by atoms with Crippen LogP contribution in [-0.4, -0.2) is 54.7 Å². The topological polar surface area (TPSA) is 212 Å². The second-order valence-corrected chi connectivity index (χ2v) is 6.22. The number of aliphatic hydroxyl groups is 2. The highest BCUT2D eigenvalue weighted by Crippen LogP contribution is 2.33. The van der Waals surface area contributed by atoms with Crippen LogP contribution in [0.2, 0.25) is 0 Å². The molecule has 0 saturated carbocycles. The quantitative estimate of drug-likeness (QED) is 0.387. The van der Waals surface area contributed by atoms with E-state index in [1.54, 1.807) is 0 Å². The number of anilines is 1. The van der Waals surface area contributed by atoms with Gasteiger partial charge in [0.2, 0.25) is 5.95 Å². The third-order valence-electron chi connectivity index (χ3n) is 3.46. The van der Waals surface area contributed by atoms with Crippen molar-refractivity contribution in [2.24, 2.45) is 0 Å². The highest BCUT2D eigenvalue weighted by atomic mass is 31.2. The molecule has 1 fully saturated rings. The molecule has 132 valence electrons. The van der Waals surface area contributed by atoms with E-state index in [0.717, 1.165) is 10.9 Å². The van der Waals surface area contributed by atoms with Gasteiger partial charge in [0.1, 0.15) is 18.3 Å². The first-order valence-corrected chi connectivity index (χ1v) is 8.04. The van der Waals surface area contributed by atoms with Crippen LogP contribution in [0.25, 0.3) is 11.2 Å². The molecule has 2 aromatic rings. The molecule has 3 heterocycles. The molecule has 24 heavy (non-hydrogen) atoms. The summed E-state index contributed by atoms with van der Waals surface area (Å²) in [6.07, 6.45) is -4.46. The Kier molecular flexibility index (Phi) is 4.17. The van der Waals surface area contributed by atoms with Crippen LogP contribution >= 0.6 is 7.82 Å². The number of nitrogens with one attached hydrogen (secondary N) is 1. The number of ether oxygens (including phenoxy) is 1. The lowest BCUT2D eigenvalue weighted by molar-refractivity contribution is -0.343. The van der Waals surface area contributed by atoms with Gasteiger partial charge in [0, 0.05) is 0 Å². The van der Waals surface area contributed by atoms with Gasteiger partial charge in [-0.05, 0) is 0 Å². The molecule has 0 amide bonds. The molecule has 1 unspecified atom stereocenters. The Balaban J connectivity index is 1.90. The Morgan fingerprint density at radius 3 is 2.83 bits per heavy atom. The largest absolute Gasteiger partial charge is 0.790 e. The van der Waals surface area contributed by atoms with Crippen LogP contribution in [-0.2, 0) is 13.8 Å². The van der Waals surface area contributed by atoms with E-state index >= 15 is 0 Å². The number of fused-ring (bicyclic) bond motifs is 1. The lowest BCUT2D eigenvalue weighted by atomic mass is 10.1. The maximum atomic E-state index is 11.7. The molecule has 5 N–H and O–H groups in total. The van der Waals surface area contributed by atoms with Gasteiger partial charge in [-0.1, -0.05) is 0 Å². The normalized spacial score (nSPS) is 27.8. The van der Waals surface area contributed by atoms with E-state index in [1.807, 2.05) is 0 Å². The van der Waals surface area contributed by atoms with Gasteiger partial charge >= 0.3 is 0 Å². The molecule has 4 atom stereocenters. The minimum absolute atomic E-state index is 0.00705. The average molecular weight is 361 g/mol. The maximum Gasteiger partial charge on any atom is 0.280 e. The van der Waals surface area contributed by atoms with Gasteiger partial charge in [-0.25, -0.2) is 4.98 Å². The van der Waals surface area contributed by atoms with Gasteiger partial charge in [0.25, 0.3) is 5.56 Å². The van der Waals surface area contributed by atoms with Crippen LogP contribution in [0.1, 0.15) is 6.23 Å². The molecule has 13 nitrogen and oxygen atoms in total. The van der Waals surface area contributed by atoms with E-state index in [-0.39, 0.29) is 17.1 Å². The molecule has 0 aromatic carbocycles. The average Bonchev–Trinajstić information content (AvgIpc) is 3.00. The van der Waals surface area contributed by atoms with Crippen LogP contribution in [0.3, 0.4) is 0 Å². The van der Waals surface area contributed by atoms with Crippen molar-refractivity contribution in [3.8, 4) is 0 Å². The summed E-state index contributed by atoms with van der Waals surface area (Å²) in [4.78, 5) is 42.7. The van der Waals surface area contributed by atoms with E-state index in [1.165, 1.54) is 0 Å². The highest BCUT2D eigenvalue weighted by Gasteiger charge is 2.44. The number of nitrogens with zero attached hydrogens (tertiary/aromatic N) is 3. The second kappa shape index (κ2) is 5.89. The van der Waals surface area contributed by atoms with Gasteiger partial charge in [-0.3, -0.25) is 14.3 Å². The predicted molar refractivity (Wildman–Crippen MR) is 72.0 cm³/mol. The lowest BCUT2D eigenvalue weighted by Gasteiger charge is -2.30. The van der Waals surface area contributed by atoms with Gasteiger partial charge in [0.05, 0.1) is 20.8 Å². The first-order valence-electron chi connectivity index (χ1n) is 6.58. The summed E-state index contributed by atoms with van der Waals surface area (Å²) in [6.45, 7) is -0.776. The number of hydrogen-bond donors (Lipinski definition) is 4. The zero-order valence-electron chi connectivity index (χ0n) is 11.8. The van der Waals surface area contributed by atoms with E-state index in [9.17, 15) is 29.4 Å². The number of hydrogen-bond acceptors (Lipinski definition) is 11. The molecule has 0 spiro atoms. The number of nitrogens with two attached hydrogens (primary N) is 1. The minimum atomic E-state index is -5.26. The van der Waals surface area contributed by atoms with E-state index < -0.39 is 44.5 Å². The number of rotatable bonds is 4. The van der Waals surface area contributed by atoms with Crippen LogP contribution in [0.5, 0.6) is 0 Å². The van der Waals surface area contributed by atoms with Crippen LogP contribution in [0, 0.1) is 0 Å². The monoisotopic (exact) mass is 361 g/mol. The molecular formula is C10H12N5O8P-2. The molecule has 1 aliphatic rings. The number of phosphoric ester groups is 1. The van der Waals surface area contributed by atoms with Crippen LogP contribution in [0.15, 0.2) is 11.1 Å². The van der Waals surface area contributed by atoms with Crippen LogP contribution < -0.4 is 21.1 Å². The number of H-pyrrole nitrogens is 1. The highest BCUT2D eigenvalue weighted by molar-refractivity contribution is 7.43. The number of aliphatic hydroxyl groups excluding tert-OH is 2. The zero-order valence-corrected chi connectivity index (χ0v) is 12.7. The van der Waals surface area contributed by atoms with Gasteiger partial charge in [-0.2, -0.15) is 4.98 Å². The fraction of sp³-hybridized carbons (Fsp3) is 0.500. The Bertz CT molecular complexity index is 861. The Morgan fingerprint density at radius 1 is 1.46 bits per heavy atom. The van der Waals surface area contributed by atoms with Crippen molar-refractivity contribution in [3.05, 3.63) is 16.7 Å². The summed E-state index contributed by atoms with van der Waals surface area (Å²) in [6, 6.07) is 0. The van der Waals surface area contributed by atoms with Crippen molar-refractivity contribution in [1.82, 2.24) is 19.5 Å². The Hall–Kier alpha value is -1.86. The van der Waals surface area contributed by atoms with Crippen molar-refractivity contribution in [3.63, 3.8) is 0 Å². The van der Waals surface area contributed by atoms with Crippen molar-refractivity contribution < 1.29 is 33.8 Å². The van der Waals surface area contributed by atoms with Gasteiger partial charge in [-0.15, -0.1) is 0 Å². The Labute approximate surface area is 132 Å². The molecule has 0 aliphatic carbocycles. The number of phosphoric acid groups is 1. The minimum Gasteiger partial charge on any atom is -0.790 e. The van der Waals surface area contributed by atoms with Crippen LogP contribution in [0.4, 0.5) is 5.95 Å². The fourth-order valence-electron chi connectivity index (χ4n) is 2.39. The molecule has 1 saturated heterocycles. The molecular weight excluding hydrogens is 349 g/mol.